The summed E-state index contributed by atoms with van der Waals surface area (Å²) in [5, 5.41) is 6.61. The minimum Gasteiger partial charge on any atom is -0.496 e. The van der Waals surface area contributed by atoms with E-state index in [1.54, 1.807) is 25.0 Å². The molecule has 16 heteroatoms. The molecule has 58 heavy (non-hydrogen) atoms. The molecule has 5 atom stereocenters. The van der Waals surface area contributed by atoms with Crippen LogP contribution in [0.4, 0.5) is 4.79 Å². The fourth-order valence-corrected chi connectivity index (χ4v) is 9.79. The first kappa shape index (κ1) is 41.6. The standard InChI is InChI=1S/C42H58N6O9S/c1-25(2)56-34-20-33(29-15-16-32(55-7)26(3)35(29)44-34)57-28-19-31-36(49)45-42(38(51)46-58(53,54)41(6)17-18-41)21-27(42)13-11-9-8-10-12-14-30(37(50)48(31)22-28)43-39(52)47-23-40(4,5)24-47/h11,13,15-16,20,25,27-28,30-31H,8-10,12,14,17-19,21-24H2,1-7H3,(H,43,52)(H,45,49)(H,46,51)/b13-11-/t27-,28-,30+,31+,42-/m1/s1. The van der Waals surface area contributed by atoms with Crippen molar-refractivity contribution in [3.8, 4) is 17.4 Å². The Kier molecular flexibility index (Phi) is 11.1. The van der Waals surface area contributed by atoms with E-state index < -0.39 is 62.1 Å². The van der Waals surface area contributed by atoms with Gasteiger partial charge in [0, 0.05) is 47.9 Å². The maximum Gasteiger partial charge on any atom is 0.318 e. The van der Waals surface area contributed by atoms with Gasteiger partial charge in [0.05, 0.1) is 30.0 Å². The molecule has 5 amide bonds. The summed E-state index contributed by atoms with van der Waals surface area (Å²) in [4.78, 5) is 64.7. The number of ether oxygens (including phenoxy) is 3. The van der Waals surface area contributed by atoms with E-state index in [1.807, 2.05) is 45.1 Å². The van der Waals surface area contributed by atoms with Crippen molar-refractivity contribution in [2.45, 2.75) is 134 Å². The molecule has 3 aliphatic heterocycles. The van der Waals surface area contributed by atoms with Gasteiger partial charge in [-0.2, -0.15) is 0 Å². The Morgan fingerprint density at radius 3 is 2.47 bits per heavy atom. The van der Waals surface area contributed by atoms with Gasteiger partial charge < -0.3 is 34.6 Å². The van der Waals surface area contributed by atoms with Gasteiger partial charge in [-0.25, -0.2) is 18.2 Å². The second kappa shape index (κ2) is 15.5. The molecule has 5 aliphatic rings. The van der Waals surface area contributed by atoms with Crippen molar-refractivity contribution in [3.05, 3.63) is 35.9 Å². The number of amides is 5. The van der Waals surface area contributed by atoms with Crippen molar-refractivity contribution in [2.75, 3.05) is 26.7 Å². The van der Waals surface area contributed by atoms with Gasteiger partial charge in [0.15, 0.2) is 0 Å². The number of nitrogens with zero attached hydrogens (tertiary/aromatic N) is 3. The number of allylic oxidation sites excluding steroid dienone is 1. The summed E-state index contributed by atoms with van der Waals surface area (Å²) in [6.45, 7) is 12.6. The smallest absolute Gasteiger partial charge is 0.318 e. The first-order valence-corrected chi connectivity index (χ1v) is 22.1. The third-order valence-electron chi connectivity index (χ3n) is 12.3. The van der Waals surface area contributed by atoms with E-state index in [-0.39, 0.29) is 36.9 Å². The quantitative estimate of drug-likeness (QED) is 0.304. The van der Waals surface area contributed by atoms with Gasteiger partial charge in [-0.05, 0) is 78.4 Å². The highest BCUT2D eigenvalue weighted by Crippen LogP contribution is 2.48. The normalized spacial score (nSPS) is 28.5. The number of carbonyl (C=O) groups is 4. The predicted octanol–water partition coefficient (Wildman–Crippen LogP) is 4.50. The highest BCUT2D eigenvalue weighted by Gasteiger charge is 2.63. The summed E-state index contributed by atoms with van der Waals surface area (Å²) in [6, 6.07) is 3.02. The number of benzene rings is 1. The molecule has 2 aliphatic carbocycles. The number of nitrogens with one attached hydrogen (secondary N) is 3. The zero-order chi connectivity index (χ0) is 41.8. The summed E-state index contributed by atoms with van der Waals surface area (Å²) in [5.41, 5.74) is -0.134. The molecule has 2 saturated heterocycles. The number of hydrogen-bond donors (Lipinski definition) is 3. The molecule has 0 spiro atoms. The highest BCUT2D eigenvalue weighted by molar-refractivity contribution is 7.91. The van der Waals surface area contributed by atoms with Crippen LogP contribution >= 0.6 is 0 Å². The van der Waals surface area contributed by atoms with Gasteiger partial charge >= 0.3 is 6.03 Å². The lowest BCUT2D eigenvalue weighted by Gasteiger charge is -2.46. The van der Waals surface area contributed by atoms with E-state index in [0.717, 1.165) is 18.4 Å². The second-order valence-electron chi connectivity index (χ2n) is 18.1. The maximum atomic E-state index is 14.8. The van der Waals surface area contributed by atoms with Crippen molar-refractivity contribution in [3.63, 3.8) is 0 Å². The minimum absolute atomic E-state index is 0.00855. The molecule has 3 N–H and O–H groups in total. The Morgan fingerprint density at radius 1 is 1.05 bits per heavy atom. The lowest BCUT2D eigenvalue weighted by Crippen LogP contribution is -2.62. The second-order valence-corrected chi connectivity index (χ2v) is 20.3. The molecule has 1 aromatic heterocycles. The van der Waals surface area contributed by atoms with Crippen LogP contribution in [0.3, 0.4) is 0 Å². The van der Waals surface area contributed by atoms with E-state index in [9.17, 15) is 27.6 Å². The third kappa shape index (κ3) is 8.30. The molecule has 316 valence electrons. The number of pyridine rings is 1. The molecule has 0 unspecified atom stereocenters. The van der Waals surface area contributed by atoms with Gasteiger partial charge in [0.2, 0.25) is 27.7 Å². The lowest BCUT2D eigenvalue weighted by atomic mass is 9.85. The van der Waals surface area contributed by atoms with Crippen LogP contribution in [0.1, 0.15) is 98.0 Å². The maximum absolute atomic E-state index is 14.8. The lowest BCUT2D eigenvalue weighted by molar-refractivity contribution is -0.141. The topological polar surface area (TPSA) is 186 Å². The molecule has 2 saturated carbocycles. The number of aromatic nitrogens is 1. The van der Waals surface area contributed by atoms with E-state index in [2.05, 4.69) is 29.2 Å². The van der Waals surface area contributed by atoms with Gasteiger partial charge in [-0.1, -0.05) is 38.8 Å². The number of methoxy groups -OCH3 is 1. The van der Waals surface area contributed by atoms with Crippen LogP contribution in [0.5, 0.6) is 17.4 Å². The molecule has 2 aromatic rings. The molecule has 0 radical (unpaired) electrons. The van der Waals surface area contributed by atoms with Crippen LogP contribution in [-0.4, -0.2) is 108 Å². The van der Waals surface area contributed by atoms with E-state index in [0.29, 0.717) is 73.5 Å². The molecule has 4 heterocycles. The number of likely N-dealkylation sites (tertiary alicyclic amines) is 1. The van der Waals surface area contributed by atoms with Gasteiger partial charge in [-0.3, -0.25) is 19.1 Å². The van der Waals surface area contributed by atoms with E-state index in [4.69, 9.17) is 19.2 Å². The largest absolute Gasteiger partial charge is 0.496 e. The van der Waals surface area contributed by atoms with Gasteiger partial charge in [0.25, 0.3) is 5.91 Å². The first-order valence-electron chi connectivity index (χ1n) is 20.6. The van der Waals surface area contributed by atoms with Crippen LogP contribution in [0, 0.1) is 18.3 Å². The number of sulfonamides is 1. The predicted molar refractivity (Wildman–Crippen MR) is 217 cm³/mol. The SMILES string of the molecule is COc1ccc2c(O[C@@H]3C[C@H]4C(=O)N[C@]5(C(=O)NS(=O)(=O)C6(C)CC6)C[C@H]5/C=C\CCCCC[C@H](NC(=O)N5CC(C)(C)C5)C(=O)N4C3)cc(OC(C)C)nc2c1C. The summed E-state index contributed by atoms with van der Waals surface area (Å²) >= 11 is 0. The van der Waals surface area contributed by atoms with Crippen LogP contribution < -0.4 is 29.6 Å². The fourth-order valence-electron chi connectivity index (χ4n) is 8.47. The van der Waals surface area contributed by atoms with Crippen molar-refractivity contribution in [1.82, 2.24) is 30.1 Å². The number of carbonyl (C=O) groups excluding carboxylic acids is 4. The summed E-state index contributed by atoms with van der Waals surface area (Å²) in [5.74, 6) is -0.826. The monoisotopic (exact) mass is 822 g/mol. The van der Waals surface area contributed by atoms with Crippen LogP contribution in [-0.2, 0) is 24.4 Å². The fraction of sp³-hybridized carbons (Fsp3) is 0.643. The average molecular weight is 823 g/mol. The number of hydrogen-bond acceptors (Lipinski definition) is 10. The van der Waals surface area contributed by atoms with Crippen LogP contribution in [0.15, 0.2) is 30.4 Å². The summed E-state index contributed by atoms with van der Waals surface area (Å²) < 4.78 is 46.0. The van der Waals surface area contributed by atoms with Gasteiger partial charge in [-0.15, -0.1) is 0 Å². The zero-order valence-electron chi connectivity index (χ0n) is 34.7. The Bertz CT molecular complexity index is 2110. The average Bonchev–Trinajstić information content (AvgIpc) is 4.02. The molecule has 7 rings (SSSR count). The van der Waals surface area contributed by atoms with E-state index in [1.165, 1.54) is 4.90 Å². The number of urea groups is 1. The Morgan fingerprint density at radius 2 is 1.79 bits per heavy atom. The van der Waals surface area contributed by atoms with Gasteiger partial charge in [0.1, 0.15) is 35.2 Å². The Labute approximate surface area is 341 Å². The van der Waals surface area contributed by atoms with Crippen LogP contribution in [0.25, 0.3) is 10.9 Å². The number of fused-ring (bicyclic) bond motifs is 3. The number of aryl methyl sites for hydroxylation is 1. The summed E-state index contributed by atoms with van der Waals surface area (Å²) in [7, 11) is -2.41. The molecular weight excluding hydrogens is 765 g/mol. The molecule has 15 nitrogen and oxygen atoms in total. The minimum atomic E-state index is -3.99. The van der Waals surface area contributed by atoms with Crippen molar-refractivity contribution in [1.29, 1.82) is 0 Å². The molecular formula is C42H58N6O9S. The Hall–Kier alpha value is -4.60. The molecule has 1 aromatic carbocycles. The zero-order valence-corrected chi connectivity index (χ0v) is 35.5. The van der Waals surface area contributed by atoms with Crippen molar-refractivity contribution in [2.24, 2.45) is 11.3 Å². The third-order valence-corrected chi connectivity index (χ3v) is 14.5. The highest BCUT2D eigenvalue weighted by atomic mass is 32.2. The summed E-state index contributed by atoms with van der Waals surface area (Å²) in [6.07, 6.45) is 7.49. The first-order chi connectivity index (χ1) is 27.3. The Balaban J connectivity index is 1.22. The molecule has 4 fully saturated rings. The number of rotatable bonds is 9. The van der Waals surface area contributed by atoms with Crippen LogP contribution in [0.2, 0.25) is 0 Å². The van der Waals surface area contributed by atoms with Crippen molar-refractivity contribution < 1.29 is 41.8 Å². The van der Waals surface area contributed by atoms with E-state index >= 15 is 0 Å². The molecule has 0 bridgehead atoms. The van der Waals surface area contributed by atoms with Crippen molar-refractivity contribution >= 4 is 44.7 Å².